The molecule has 0 atom stereocenters. The minimum atomic E-state index is 0.0956. The molecule has 150 valence electrons. The number of aromatic nitrogens is 4. The highest BCUT2D eigenvalue weighted by atomic mass is 16.2. The molecule has 0 N–H and O–H groups in total. The number of rotatable bonds is 4. The molecule has 0 saturated carbocycles. The standard InChI is InChI=1S/C22H26N6O/c1-4-18-5-7-19(8-6-18)22(29)27-13-11-26(12-14-27)20-9-10-21(24-23-20)28-17(3)15-16(2)25-28/h5-10,15H,4,11-14H2,1-3H3. The van der Waals surface area contributed by atoms with Crippen LogP contribution in [-0.2, 0) is 6.42 Å². The Bertz CT molecular complexity index is 985. The lowest BCUT2D eigenvalue weighted by atomic mass is 10.1. The largest absolute Gasteiger partial charge is 0.352 e. The van der Waals surface area contributed by atoms with Gasteiger partial charge in [0.05, 0.1) is 5.69 Å². The fourth-order valence-electron chi connectivity index (χ4n) is 3.66. The van der Waals surface area contributed by atoms with Crippen LogP contribution in [-0.4, -0.2) is 57.0 Å². The van der Waals surface area contributed by atoms with Crippen LogP contribution in [0.25, 0.3) is 5.82 Å². The SMILES string of the molecule is CCc1ccc(C(=O)N2CCN(c3ccc(-n4nc(C)cc4C)nn3)CC2)cc1. The van der Waals surface area contributed by atoms with E-state index in [9.17, 15) is 4.79 Å². The van der Waals surface area contributed by atoms with Gasteiger partial charge in [0, 0.05) is 37.4 Å². The third-order valence-corrected chi connectivity index (χ3v) is 5.36. The van der Waals surface area contributed by atoms with Gasteiger partial charge < -0.3 is 9.80 Å². The van der Waals surface area contributed by atoms with Crippen LogP contribution in [0.15, 0.2) is 42.5 Å². The highest BCUT2D eigenvalue weighted by Gasteiger charge is 2.23. The fraction of sp³-hybridized carbons (Fsp3) is 0.364. The number of carbonyl (C=O) groups is 1. The number of anilines is 1. The molecular formula is C22H26N6O. The van der Waals surface area contributed by atoms with E-state index >= 15 is 0 Å². The minimum absolute atomic E-state index is 0.0956. The van der Waals surface area contributed by atoms with Crippen molar-refractivity contribution in [1.29, 1.82) is 0 Å². The lowest BCUT2D eigenvalue weighted by Gasteiger charge is -2.35. The average Bonchev–Trinajstić information content (AvgIpc) is 3.11. The van der Waals surface area contributed by atoms with E-state index in [1.165, 1.54) is 5.56 Å². The van der Waals surface area contributed by atoms with Crippen molar-refractivity contribution in [1.82, 2.24) is 24.9 Å². The predicted molar refractivity (Wildman–Crippen MR) is 113 cm³/mol. The van der Waals surface area contributed by atoms with Crippen molar-refractivity contribution in [3.63, 3.8) is 0 Å². The maximum Gasteiger partial charge on any atom is 0.253 e. The molecule has 0 radical (unpaired) electrons. The minimum Gasteiger partial charge on any atom is -0.352 e. The van der Waals surface area contributed by atoms with E-state index < -0.39 is 0 Å². The molecule has 0 aliphatic carbocycles. The third kappa shape index (κ3) is 3.99. The molecule has 2 aromatic heterocycles. The number of benzene rings is 1. The number of carbonyl (C=O) groups excluding carboxylic acids is 1. The van der Waals surface area contributed by atoms with Gasteiger partial charge in [-0.25, -0.2) is 4.68 Å². The Morgan fingerprint density at radius 1 is 0.931 bits per heavy atom. The molecule has 29 heavy (non-hydrogen) atoms. The Hall–Kier alpha value is -3.22. The molecule has 1 aliphatic heterocycles. The first kappa shape index (κ1) is 19.1. The van der Waals surface area contributed by atoms with Gasteiger partial charge in [-0.1, -0.05) is 19.1 Å². The molecule has 3 heterocycles. The third-order valence-electron chi connectivity index (χ3n) is 5.36. The molecule has 1 saturated heterocycles. The highest BCUT2D eigenvalue weighted by Crippen LogP contribution is 2.17. The molecule has 1 amide bonds. The van der Waals surface area contributed by atoms with Crippen molar-refractivity contribution >= 4 is 11.7 Å². The van der Waals surface area contributed by atoms with Crippen LogP contribution in [0.3, 0.4) is 0 Å². The summed E-state index contributed by atoms with van der Waals surface area (Å²) in [7, 11) is 0. The van der Waals surface area contributed by atoms with Gasteiger partial charge in [-0.2, -0.15) is 5.10 Å². The van der Waals surface area contributed by atoms with Crippen LogP contribution in [0.5, 0.6) is 0 Å². The van der Waals surface area contributed by atoms with Gasteiger partial charge in [-0.3, -0.25) is 4.79 Å². The maximum atomic E-state index is 12.7. The number of hydrogen-bond donors (Lipinski definition) is 0. The van der Waals surface area contributed by atoms with Gasteiger partial charge in [-0.15, -0.1) is 10.2 Å². The Morgan fingerprint density at radius 3 is 2.14 bits per heavy atom. The molecule has 1 aromatic carbocycles. The molecule has 4 rings (SSSR count). The summed E-state index contributed by atoms with van der Waals surface area (Å²) in [6, 6.07) is 13.8. The summed E-state index contributed by atoms with van der Waals surface area (Å²) in [6.45, 7) is 8.92. The first-order valence-corrected chi connectivity index (χ1v) is 10.1. The zero-order valence-electron chi connectivity index (χ0n) is 17.2. The topological polar surface area (TPSA) is 67.2 Å². The van der Waals surface area contributed by atoms with Gasteiger partial charge in [0.25, 0.3) is 5.91 Å². The van der Waals surface area contributed by atoms with E-state index in [1.54, 1.807) is 4.68 Å². The maximum absolute atomic E-state index is 12.7. The summed E-state index contributed by atoms with van der Waals surface area (Å²) < 4.78 is 1.80. The normalized spacial score (nSPS) is 14.3. The van der Waals surface area contributed by atoms with E-state index in [1.807, 2.05) is 61.2 Å². The van der Waals surface area contributed by atoms with Crippen LogP contribution in [0.4, 0.5) is 5.82 Å². The van der Waals surface area contributed by atoms with Crippen LogP contribution in [0, 0.1) is 13.8 Å². The second-order valence-corrected chi connectivity index (χ2v) is 7.42. The van der Waals surface area contributed by atoms with Crippen molar-refractivity contribution in [2.24, 2.45) is 0 Å². The number of nitrogens with zero attached hydrogens (tertiary/aromatic N) is 6. The summed E-state index contributed by atoms with van der Waals surface area (Å²) in [6.07, 6.45) is 0.979. The van der Waals surface area contributed by atoms with Crippen LogP contribution < -0.4 is 4.90 Å². The first-order chi connectivity index (χ1) is 14.0. The second-order valence-electron chi connectivity index (χ2n) is 7.42. The van der Waals surface area contributed by atoms with Crippen molar-refractivity contribution in [2.75, 3.05) is 31.1 Å². The first-order valence-electron chi connectivity index (χ1n) is 10.1. The van der Waals surface area contributed by atoms with Crippen molar-refractivity contribution in [3.8, 4) is 5.82 Å². The second kappa shape index (κ2) is 8.03. The van der Waals surface area contributed by atoms with Gasteiger partial charge in [0.2, 0.25) is 0 Å². The summed E-state index contributed by atoms with van der Waals surface area (Å²) in [4.78, 5) is 16.8. The lowest BCUT2D eigenvalue weighted by molar-refractivity contribution is 0.0746. The van der Waals surface area contributed by atoms with Crippen molar-refractivity contribution < 1.29 is 4.79 Å². The molecule has 0 spiro atoms. The summed E-state index contributed by atoms with van der Waals surface area (Å²) in [5.41, 5.74) is 3.99. The fourth-order valence-corrected chi connectivity index (χ4v) is 3.66. The molecule has 7 heteroatoms. The van der Waals surface area contributed by atoms with E-state index in [0.717, 1.165) is 42.3 Å². The van der Waals surface area contributed by atoms with Gasteiger partial charge in [0.1, 0.15) is 0 Å². The molecule has 3 aromatic rings. The quantitative estimate of drug-likeness (QED) is 0.685. The molecule has 0 unspecified atom stereocenters. The number of amides is 1. The monoisotopic (exact) mass is 390 g/mol. The lowest BCUT2D eigenvalue weighted by Crippen LogP contribution is -2.49. The Morgan fingerprint density at radius 2 is 1.59 bits per heavy atom. The van der Waals surface area contributed by atoms with E-state index in [4.69, 9.17) is 0 Å². The Kier molecular flexibility index (Phi) is 5.29. The Labute approximate surface area is 171 Å². The summed E-state index contributed by atoms with van der Waals surface area (Å²) in [5, 5.41) is 13.2. The molecule has 1 aliphatic rings. The Balaban J connectivity index is 1.39. The van der Waals surface area contributed by atoms with E-state index in [-0.39, 0.29) is 5.91 Å². The zero-order valence-corrected chi connectivity index (χ0v) is 17.2. The van der Waals surface area contributed by atoms with Crippen molar-refractivity contribution in [2.45, 2.75) is 27.2 Å². The number of piperazine rings is 1. The number of hydrogen-bond acceptors (Lipinski definition) is 5. The van der Waals surface area contributed by atoms with Gasteiger partial charge in [-0.05, 0) is 56.2 Å². The van der Waals surface area contributed by atoms with E-state index in [2.05, 4.69) is 27.1 Å². The number of aryl methyl sites for hydroxylation is 3. The molecular weight excluding hydrogens is 364 g/mol. The summed E-state index contributed by atoms with van der Waals surface area (Å²) in [5.74, 6) is 1.64. The smallest absolute Gasteiger partial charge is 0.253 e. The predicted octanol–water partition coefficient (Wildman–Crippen LogP) is 2.80. The van der Waals surface area contributed by atoms with Crippen LogP contribution >= 0.6 is 0 Å². The average molecular weight is 390 g/mol. The summed E-state index contributed by atoms with van der Waals surface area (Å²) >= 11 is 0. The van der Waals surface area contributed by atoms with E-state index in [0.29, 0.717) is 18.9 Å². The zero-order chi connectivity index (χ0) is 20.4. The van der Waals surface area contributed by atoms with Crippen molar-refractivity contribution in [3.05, 3.63) is 65.0 Å². The highest BCUT2D eigenvalue weighted by molar-refractivity contribution is 5.94. The molecule has 1 fully saturated rings. The van der Waals surface area contributed by atoms with Gasteiger partial charge >= 0.3 is 0 Å². The van der Waals surface area contributed by atoms with Crippen LogP contribution in [0.2, 0.25) is 0 Å². The van der Waals surface area contributed by atoms with Gasteiger partial charge in [0.15, 0.2) is 11.6 Å². The van der Waals surface area contributed by atoms with Crippen LogP contribution in [0.1, 0.15) is 34.2 Å². The molecule has 7 nitrogen and oxygen atoms in total. The molecule has 0 bridgehead atoms.